The molecule has 0 aromatic carbocycles. The molecule has 0 saturated heterocycles. The first-order chi connectivity index (χ1) is 14.0. The smallest absolute Gasteiger partial charge is 0.550 e. The molecule has 0 heterocycles. The molecule has 0 aromatic heterocycles. The van der Waals surface area contributed by atoms with Gasteiger partial charge in [0.25, 0.3) is 0 Å². The molecule has 7 heteroatoms. The molecular formula is C23H46NNaO4S. The van der Waals surface area contributed by atoms with Gasteiger partial charge in [-0.2, -0.15) is 0 Å². The van der Waals surface area contributed by atoms with Crippen LogP contribution in [0.5, 0.6) is 0 Å². The molecule has 0 spiro atoms. The van der Waals surface area contributed by atoms with Crippen LogP contribution in [0.15, 0.2) is 0 Å². The first-order valence-electron chi connectivity index (χ1n) is 12.1. The SMILES string of the molecule is CCCCCCCCCCCCCCCCCCCCS(=O)(=O)NCCC(=O)[O-].[Na+]. The van der Waals surface area contributed by atoms with Gasteiger partial charge in [-0.25, -0.2) is 13.1 Å². The molecule has 1 N–H and O–H groups in total. The predicted molar refractivity (Wildman–Crippen MR) is 120 cm³/mol. The quantitative estimate of drug-likeness (QED) is 0.189. The molecule has 0 aliphatic rings. The molecule has 0 aliphatic heterocycles. The maximum atomic E-state index is 11.7. The van der Waals surface area contributed by atoms with E-state index in [1.165, 1.54) is 96.3 Å². The van der Waals surface area contributed by atoms with Crippen molar-refractivity contribution >= 4 is 16.0 Å². The zero-order valence-electron chi connectivity index (χ0n) is 19.9. The number of carbonyl (C=O) groups is 1. The first kappa shape index (κ1) is 32.6. The molecule has 0 atom stereocenters. The standard InChI is InChI=1S/C23H47NO4S.Na/c1-2-3-4-5-6-7-8-9-10-11-12-13-14-15-16-17-18-19-22-29(27,28)24-21-20-23(25)26;/h24H,2-22H2,1H3,(H,25,26);/q;+1/p-1. The maximum absolute atomic E-state index is 11.7. The summed E-state index contributed by atoms with van der Waals surface area (Å²) >= 11 is 0. The Kier molecular flexibility index (Phi) is 26.1. The zero-order valence-corrected chi connectivity index (χ0v) is 22.7. The van der Waals surface area contributed by atoms with Crippen molar-refractivity contribution in [1.82, 2.24) is 4.72 Å². The summed E-state index contributed by atoms with van der Waals surface area (Å²) in [6.45, 7) is 2.19. The van der Waals surface area contributed by atoms with E-state index in [-0.39, 0.29) is 48.3 Å². The fraction of sp³-hybridized carbons (Fsp3) is 0.957. The topological polar surface area (TPSA) is 86.3 Å². The first-order valence-corrected chi connectivity index (χ1v) is 13.8. The van der Waals surface area contributed by atoms with Crippen LogP contribution < -0.4 is 39.4 Å². The molecule has 0 saturated carbocycles. The van der Waals surface area contributed by atoms with E-state index in [4.69, 9.17) is 0 Å². The summed E-state index contributed by atoms with van der Waals surface area (Å²) in [4.78, 5) is 10.3. The number of hydrogen-bond donors (Lipinski definition) is 1. The molecule has 30 heavy (non-hydrogen) atoms. The van der Waals surface area contributed by atoms with E-state index in [0.717, 1.165) is 12.8 Å². The summed E-state index contributed by atoms with van der Waals surface area (Å²) in [5.41, 5.74) is 0. The van der Waals surface area contributed by atoms with E-state index >= 15 is 0 Å². The molecule has 5 nitrogen and oxygen atoms in total. The van der Waals surface area contributed by atoms with Crippen LogP contribution in [-0.4, -0.2) is 26.7 Å². The van der Waals surface area contributed by atoms with Crippen LogP contribution >= 0.6 is 0 Å². The number of carboxylic acid groups (broad SMARTS) is 1. The summed E-state index contributed by atoms with van der Waals surface area (Å²) < 4.78 is 25.6. The van der Waals surface area contributed by atoms with Crippen LogP contribution in [0.4, 0.5) is 0 Å². The summed E-state index contributed by atoms with van der Waals surface area (Å²) in [5.74, 6) is -1.15. The van der Waals surface area contributed by atoms with Crippen molar-refractivity contribution in [1.29, 1.82) is 0 Å². The summed E-state index contributed by atoms with van der Waals surface area (Å²) in [7, 11) is -3.34. The molecule has 0 aliphatic carbocycles. The van der Waals surface area contributed by atoms with Gasteiger partial charge in [-0.15, -0.1) is 0 Å². The van der Waals surface area contributed by atoms with Crippen molar-refractivity contribution in [2.45, 2.75) is 129 Å². The van der Waals surface area contributed by atoms with Crippen LogP contribution in [0.25, 0.3) is 0 Å². The molecule has 0 aromatic rings. The number of unbranched alkanes of at least 4 members (excludes halogenated alkanes) is 17. The largest absolute Gasteiger partial charge is 1.00 e. The van der Waals surface area contributed by atoms with E-state index in [0.29, 0.717) is 6.42 Å². The van der Waals surface area contributed by atoms with Crippen molar-refractivity contribution in [3.8, 4) is 0 Å². The molecule has 0 bridgehead atoms. The normalized spacial score (nSPS) is 11.4. The van der Waals surface area contributed by atoms with Crippen molar-refractivity contribution < 1.29 is 47.9 Å². The Labute approximate surface area is 208 Å². The monoisotopic (exact) mass is 455 g/mol. The molecule has 0 rings (SSSR count). The van der Waals surface area contributed by atoms with E-state index in [9.17, 15) is 18.3 Å². The molecule has 174 valence electrons. The van der Waals surface area contributed by atoms with E-state index in [2.05, 4.69) is 11.6 Å². The third-order valence-electron chi connectivity index (χ3n) is 5.42. The fourth-order valence-corrected chi connectivity index (χ4v) is 4.72. The van der Waals surface area contributed by atoms with Crippen molar-refractivity contribution in [2.24, 2.45) is 0 Å². The fourth-order valence-electron chi connectivity index (χ4n) is 3.57. The molecule has 0 amide bonds. The number of nitrogens with one attached hydrogen (secondary N) is 1. The minimum Gasteiger partial charge on any atom is -0.550 e. The maximum Gasteiger partial charge on any atom is 1.00 e. The average Bonchev–Trinajstić information content (AvgIpc) is 2.66. The van der Waals surface area contributed by atoms with Gasteiger partial charge in [0.2, 0.25) is 10.0 Å². The molecule has 0 fully saturated rings. The van der Waals surface area contributed by atoms with Crippen LogP contribution in [0.2, 0.25) is 0 Å². The Bertz CT molecular complexity index is 472. The Morgan fingerprint density at radius 1 is 0.667 bits per heavy atom. The molecular weight excluding hydrogens is 409 g/mol. The minimum absolute atomic E-state index is 0. The minimum atomic E-state index is -3.34. The third-order valence-corrected chi connectivity index (χ3v) is 6.89. The Morgan fingerprint density at radius 2 is 1.00 bits per heavy atom. The number of carboxylic acids is 1. The number of aliphatic carboxylic acids is 1. The summed E-state index contributed by atoms with van der Waals surface area (Å²) in [6, 6.07) is 0. The predicted octanol–water partition coefficient (Wildman–Crippen LogP) is 2.09. The average molecular weight is 456 g/mol. The summed E-state index contributed by atoms with van der Waals surface area (Å²) in [6.07, 6.45) is 22.7. The van der Waals surface area contributed by atoms with Crippen LogP contribution in [0.3, 0.4) is 0 Å². The number of sulfonamides is 1. The van der Waals surface area contributed by atoms with Gasteiger partial charge in [0.15, 0.2) is 0 Å². The molecule has 0 radical (unpaired) electrons. The van der Waals surface area contributed by atoms with E-state index in [1.54, 1.807) is 0 Å². The van der Waals surface area contributed by atoms with Gasteiger partial charge in [0, 0.05) is 18.9 Å². The van der Waals surface area contributed by atoms with Gasteiger partial charge in [-0.1, -0.05) is 116 Å². The van der Waals surface area contributed by atoms with E-state index < -0.39 is 16.0 Å². The van der Waals surface area contributed by atoms with Gasteiger partial charge in [0.05, 0.1) is 5.75 Å². The van der Waals surface area contributed by atoms with Gasteiger partial charge in [-0.05, 0) is 6.42 Å². The zero-order chi connectivity index (χ0) is 21.6. The van der Waals surface area contributed by atoms with Crippen LogP contribution in [0.1, 0.15) is 129 Å². The number of carbonyl (C=O) groups excluding carboxylic acids is 1. The number of rotatable bonds is 23. The molecule has 0 unspecified atom stereocenters. The second-order valence-electron chi connectivity index (χ2n) is 8.35. The third kappa shape index (κ3) is 26.4. The van der Waals surface area contributed by atoms with Gasteiger partial charge in [-0.3, -0.25) is 0 Å². The second kappa shape index (κ2) is 24.0. The Balaban J connectivity index is 0. The number of hydrogen-bond acceptors (Lipinski definition) is 4. The van der Waals surface area contributed by atoms with Crippen LogP contribution in [0, 0.1) is 0 Å². The van der Waals surface area contributed by atoms with Gasteiger partial charge < -0.3 is 9.90 Å². The van der Waals surface area contributed by atoms with Crippen molar-refractivity contribution in [3.63, 3.8) is 0 Å². The van der Waals surface area contributed by atoms with E-state index in [1.807, 2.05) is 0 Å². The Hall–Kier alpha value is 0.380. The second-order valence-corrected chi connectivity index (χ2v) is 10.3. The van der Waals surface area contributed by atoms with Crippen molar-refractivity contribution in [3.05, 3.63) is 0 Å². The Morgan fingerprint density at radius 3 is 1.33 bits per heavy atom. The van der Waals surface area contributed by atoms with Crippen molar-refractivity contribution in [2.75, 3.05) is 12.3 Å². The van der Waals surface area contributed by atoms with Gasteiger partial charge >= 0.3 is 29.6 Å². The van der Waals surface area contributed by atoms with Crippen LogP contribution in [-0.2, 0) is 14.8 Å². The van der Waals surface area contributed by atoms with Gasteiger partial charge in [0.1, 0.15) is 0 Å². The summed E-state index contributed by atoms with van der Waals surface area (Å²) in [5, 5.41) is 10.3.